The number of halogens is 1. The van der Waals surface area contributed by atoms with Crippen LogP contribution in [-0.2, 0) is 0 Å². The van der Waals surface area contributed by atoms with Crippen molar-refractivity contribution >= 4 is 29.1 Å². The first-order valence-corrected chi connectivity index (χ1v) is 4.91. The maximum absolute atomic E-state index is 11.8. The summed E-state index contributed by atoms with van der Waals surface area (Å²) in [4.78, 5) is 18.4. The molecule has 0 unspecified atom stereocenters. The van der Waals surface area contributed by atoms with Gasteiger partial charge < -0.3 is 10.7 Å². The SMILES string of the molecule is Nc1c(Cl)cccc1C(=O)Nc1ncc[nH]1. The van der Waals surface area contributed by atoms with Crippen LogP contribution in [0.2, 0.25) is 5.02 Å². The standard InChI is InChI=1S/C10H9ClN4O/c11-7-3-1-2-6(8(7)12)9(16)15-10-13-4-5-14-10/h1-5H,12H2,(H2,13,14,15,16). The molecule has 1 aromatic heterocycles. The summed E-state index contributed by atoms with van der Waals surface area (Å²) in [6, 6.07) is 4.88. The van der Waals surface area contributed by atoms with Crippen molar-refractivity contribution in [3.63, 3.8) is 0 Å². The third kappa shape index (κ3) is 1.99. The highest BCUT2D eigenvalue weighted by Crippen LogP contribution is 2.22. The first kappa shape index (κ1) is 10.5. The molecular weight excluding hydrogens is 228 g/mol. The van der Waals surface area contributed by atoms with Gasteiger partial charge in [-0.05, 0) is 12.1 Å². The monoisotopic (exact) mass is 236 g/mol. The zero-order chi connectivity index (χ0) is 11.5. The molecule has 6 heteroatoms. The molecule has 1 amide bonds. The molecule has 4 N–H and O–H groups in total. The fraction of sp³-hybridized carbons (Fsp3) is 0. The number of nitrogens with one attached hydrogen (secondary N) is 2. The minimum atomic E-state index is -0.352. The molecule has 0 aliphatic heterocycles. The van der Waals surface area contributed by atoms with Crippen LogP contribution in [-0.4, -0.2) is 15.9 Å². The van der Waals surface area contributed by atoms with Gasteiger partial charge in [0, 0.05) is 12.4 Å². The Hall–Kier alpha value is -2.01. The lowest BCUT2D eigenvalue weighted by atomic mass is 10.1. The van der Waals surface area contributed by atoms with Gasteiger partial charge in [0.1, 0.15) is 0 Å². The lowest BCUT2D eigenvalue weighted by Gasteiger charge is -2.06. The van der Waals surface area contributed by atoms with E-state index >= 15 is 0 Å². The second-order valence-electron chi connectivity index (χ2n) is 3.09. The summed E-state index contributed by atoms with van der Waals surface area (Å²) in [6.45, 7) is 0. The average molecular weight is 237 g/mol. The summed E-state index contributed by atoms with van der Waals surface area (Å²) in [6.07, 6.45) is 3.15. The number of para-hydroxylation sites is 1. The molecule has 0 atom stereocenters. The topological polar surface area (TPSA) is 83.8 Å². The molecule has 0 saturated heterocycles. The number of hydrogen-bond acceptors (Lipinski definition) is 3. The van der Waals surface area contributed by atoms with E-state index in [4.69, 9.17) is 17.3 Å². The molecule has 2 aromatic rings. The Labute approximate surface area is 96.6 Å². The van der Waals surface area contributed by atoms with Crippen LogP contribution in [0.4, 0.5) is 11.6 Å². The van der Waals surface area contributed by atoms with Gasteiger partial charge in [-0.1, -0.05) is 17.7 Å². The van der Waals surface area contributed by atoms with Crippen LogP contribution in [0.5, 0.6) is 0 Å². The van der Waals surface area contributed by atoms with E-state index in [1.165, 1.54) is 6.20 Å². The maximum atomic E-state index is 11.8. The van der Waals surface area contributed by atoms with Crippen LogP contribution < -0.4 is 11.1 Å². The normalized spacial score (nSPS) is 10.1. The van der Waals surface area contributed by atoms with Crippen molar-refractivity contribution in [2.75, 3.05) is 11.1 Å². The number of aromatic amines is 1. The molecule has 0 aliphatic carbocycles. The van der Waals surface area contributed by atoms with E-state index in [2.05, 4.69) is 15.3 Å². The van der Waals surface area contributed by atoms with Gasteiger partial charge >= 0.3 is 0 Å². The predicted molar refractivity (Wildman–Crippen MR) is 62.4 cm³/mol. The van der Waals surface area contributed by atoms with E-state index in [1.807, 2.05) is 0 Å². The number of H-pyrrole nitrogens is 1. The number of amides is 1. The van der Waals surface area contributed by atoms with Gasteiger partial charge in [0.15, 0.2) is 0 Å². The van der Waals surface area contributed by atoms with Crippen LogP contribution >= 0.6 is 11.6 Å². The van der Waals surface area contributed by atoms with E-state index < -0.39 is 0 Å². The van der Waals surface area contributed by atoms with Crippen LogP contribution in [0, 0.1) is 0 Å². The number of carbonyl (C=O) groups excluding carboxylic acids is 1. The van der Waals surface area contributed by atoms with Gasteiger partial charge in [-0.3, -0.25) is 10.1 Å². The summed E-state index contributed by atoms with van der Waals surface area (Å²) < 4.78 is 0. The van der Waals surface area contributed by atoms with Crippen LogP contribution in [0.1, 0.15) is 10.4 Å². The van der Waals surface area contributed by atoms with Crippen molar-refractivity contribution < 1.29 is 4.79 Å². The number of aromatic nitrogens is 2. The highest BCUT2D eigenvalue weighted by molar-refractivity contribution is 6.34. The van der Waals surface area contributed by atoms with Crippen molar-refractivity contribution in [2.45, 2.75) is 0 Å². The predicted octanol–water partition coefficient (Wildman–Crippen LogP) is 1.90. The van der Waals surface area contributed by atoms with Gasteiger partial charge in [-0.25, -0.2) is 4.98 Å². The number of anilines is 2. The van der Waals surface area contributed by atoms with Crippen molar-refractivity contribution in [3.05, 3.63) is 41.2 Å². The molecule has 82 valence electrons. The Kier molecular flexibility index (Phi) is 2.78. The Bertz CT molecular complexity index is 510. The Morgan fingerprint density at radius 2 is 2.31 bits per heavy atom. The summed E-state index contributed by atoms with van der Waals surface area (Å²) in [7, 11) is 0. The summed E-state index contributed by atoms with van der Waals surface area (Å²) in [5.74, 6) is 0.0133. The maximum Gasteiger partial charge on any atom is 0.260 e. The number of benzene rings is 1. The highest BCUT2D eigenvalue weighted by Gasteiger charge is 2.12. The second-order valence-corrected chi connectivity index (χ2v) is 3.50. The van der Waals surface area contributed by atoms with Gasteiger partial charge in [0.05, 0.1) is 16.3 Å². The molecule has 0 radical (unpaired) electrons. The largest absolute Gasteiger partial charge is 0.397 e. The molecule has 2 rings (SSSR count). The Morgan fingerprint density at radius 1 is 1.50 bits per heavy atom. The van der Waals surface area contributed by atoms with Gasteiger partial charge in [0.2, 0.25) is 5.95 Å². The van der Waals surface area contributed by atoms with Gasteiger partial charge in [-0.15, -0.1) is 0 Å². The Morgan fingerprint density at radius 3 is 3.00 bits per heavy atom. The zero-order valence-corrected chi connectivity index (χ0v) is 8.95. The highest BCUT2D eigenvalue weighted by atomic mass is 35.5. The number of hydrogen-bond donors (Lipinski definition) is 3. The molecule has 1 heterocycles. The van der Waals surface area contributed by atoms with E-state index in [0.717, 1.165) is 0 Å². The fourth-order valence-corrected chi connectivity index (χ4v) is 1.42. The molecule has 0 saturated carbocycles. The number of rotatable bonds is 2. The van der Waals surface area contributed by atoms with Crippen molar-refractivity contribution in [1.82, 2.24) is 9.97 Å². The minimum Gasteiger partial charge on any atom is -0.397 e. The first-order valence-electron chi connectivity index (χ1n) is 4.53. The third-order valence-corrected chi connectivity index (χ3v) is 2.36. The van der Waals surface area contributed by atoms with Crippen molar-refractivity contribution in [1.29, 1.82) is 0 Å². The van der Waals surface area contributed by atoms with Crippen molar-refractivity contribution in [3.8, 4) is 0 Å². The van der Waals surface area contributed by atoms with Crippen molar-refractivity contribution in [2.24, 2.45) is 0 Å². The third-order valence-electron chi connectivity index (χ3n) is 2.03. The first-order chi connectivity index (χ1) is 7.68. The molecule has 5 nitrogen and oxygen atoms in total. The molecule has 0 bridgehead atoms. The molecule has 0 aliphatic rings. The van der Waals surface area contributed by atoms with Gasteiger partial charge in [-0.2, -0.15) is 0 Å². The molecule has 16 heavy (non-hydrogen) atoms. The Balaban J connectivity index is 2.24. The lowest BCUT2D eigenvalue weighted by molar-refractivity contribution is 0.102. The minimum absolute atomic E-state index is 0.258. The van der Waals surface area contributed by atoms with Crippen LogP contribution in [0.25, 0.3) is 0 Å². The van der Waals surface area contributed by atoms with E-state index in [0.29, 0.717) is 16.5 Å². The summed E-state index contributed by atoms with van der Waals surface area (Å²) in [5, 5.41) is 2.92. The lowest BCUT2D eigenvalue weighted by Crippen LogP contribution is -2.15. The molecule has 0 spiro atoms. The molecule has 0 fully saturated rings. The number of nitrogen functional groups attached to an aromatic ring is 1. The smallest absolute Gasteiger partial charge is 0.260 e. The van der Waals surface area contributed by atoms with E-state index in [1.54, 1.807) is 24.4 Å². The summed E-state index contributed by atoms with van der Waals surface area (Å²) >= 11 is 5.81. The van der Waals surface area contributed by atoms with Crippen LogP contribution in [0.3, 0.4) is 0 Å². The fourth-order valence-electron chi connectivity index (χ4n) is 1.24. The zero-order valence-electron chi connectivity index (χ0n) is 8.20. The number of carbonyl (C=O) groups is 1. The van der Waals surface area contributed by atoms with E-state index in [9.17, 15) is 4.79 Å². The number of imidazole rings is 1. The van der Waals surface area contributed by atoms with Crippen LogP contribution in [0.15, 0.2) is 30.6 Å². The molecule has 1 aromatic carbocycles. The van der Waals surface area contributed by atoms with Gasteiger partial charge in [0.25, 0.3) is 5.91 Å². The number of nitrogens with zero attached hydrogens (tertiary/aromatic N) is 1. The van der Waals surface area contributed by atoms with E-state index in [-0.39, 0.29) is 11.6 Å². The quantitative estimate of drug-likeness (QED) is 0.697. The second kappa shape index (κ2) is 4.24. The number of nitrogens with two attached hydrogens (primary N) is 1. The average Bonchev–Trinajstić information content (AvgIpc) is 2.74. The molecular formula is C10H9ClN4O. The summed E-state index contributed by atoms with van der Waals surface area (Å²) in [5.41, 5.74) is 6.27.